The number of aromatic nitrogens is 4. The highest BCUT2D eigenvalue weighted by molar-refractivity contribution is 6.28. The molecule has 8 heteroatoms. The highest BCUT2D eigenvalue weighted by atomic mass is 35.5. The van der Waals surface area contributed by atoms with E-state index in [-0.39, 0.29) is 5.28 Å². The molecule has 0 fully saturated rings. The van der Waals surface area contributed by atoms with E-state index in [1.54, 1.807) is 0 Å². The van der Waals surface area contributed by atoms with Crippen molar-refractivity contribution in [2.75, 3.05) is 31.5 Å². The van der Waals surface area contributed by atoms with Gasteiger partial charge in [0, 0.05) is 26.6 Å². The Hall–Kier alpha value is -1.11. The fourth-order valence-electron chi connectivity index (χ4n) is 1.62. The summed E-state index contributed by atoms with van der Waals surface area (Å²) in [6, 6.07) is 0. The van der Waals surface area contributed by atoms with Gasteiger partial charge in [0.2, 0.25) is 5.28 Å². The summed E-state index contributed by atoms with van der Waals surface area (Å²) in [7, 11) is 3.77. The standard InChI is InChI=1S/C11H15Cl2N5O/c1-18(2)10-8-9(16-11(13)17-10)15-7(14-8)6-19-5-3-4-12/h3-6H2,1-2H3,(H,14,15,16,17). The fraction of sp³-hybridized carbons (Fsp3) is 0.545. The van der Waals surface area contributed by atoms with Gasteiger partial charge in [-0.3, -0.25) is 0 Å². The summed E-state index contributed by atoms with van der Waals surface area (Å²) >= 11 is 11.5. The largest absolute Gasteiger partial charge is 0.373 e. The number of fused-ring (bicyclic) bond motifs is 1. The van der Waals surface area contributed by atoms with Gasteiger partial charge < -0.3 is 14.6 Å². The average Bonchev–Trinajstić information content (AvgIpc) is 2.76. The van der Waals surface area contributed by atoms with Crippen LogP contribution in [0.1, 0.15) is 12.2 Å². The number of rotatable bonds is 6. The predicted octanol–water partition coefficient (Wildman–Crippen LogP) is 2.22. The summed E-state index contributed by atoms with van der Waals surface area (Å²) in [5, 5.41) is 0.178. The van der Waals surface area contributed by atoms with E-state index in [1.807, 2.05) is 19.0 Å². The second-order valence-electron chi connectivity index (χ2n) is 4.19. The first-order valence-corrected chi connectivity index (χ1v) is 6.76. The van der Waals surface area contributed by atoms with E-state index >= 15 is 0 Å². The van der Waals surface area contributed by atoms with Crippen molar-refractivity contribution in [3.63, 3.8) is 0 Å². The molecular formula is C11H15Cl2N5O. The molecule has 0 spiro atoms. The molecule has 0 unspecified atom stereocenters. The second kappa shape index (κ2) is 6.36. The van der Waals surface area contributed by atoms with Crippen LogP contribution in [0.5, 0.6) is 0 Å². The van der Waals surface area contributed by atoms with Crippen molar-refractivity contribution in [1.82, 2.24) is 19.9 Å². The number of hydrogen-bond acceptors (Lipinski definition) is 5. The first-order chi connectivity index (χ1) is 9.11. The van der Waals surface area contributed by atoms with Crippen LogP contribution in [0.4, 0.5) is 5.82 Å². The quantitative estimate of drug-likeness (QED) is 0.503. The van der Waals surface area contributed by atoms with Crippen molar-refractivity contribution in [2.24, 2.45) is 0 Å². The highest BCUT2D eigenvalue weighted by Gasteiger charge is 2.13. The molecule has 104 valence electrons. The highest BCUT2D eigenvalue weighted by Crippen LogP contribution is 2.22. The molecule has 0 aromatic carbocycles. The number of alkyl halides is 1. The van der Waals surface area contributed by atoms with Gasteiger partial charge in [-0.15, -0.1) is 11.6 Å². The summed E-state index contributed by atoms with van der Waals surface area (Å²) < 4.78 is 5.45. The molecule has 0 atom stereocenters. The van der Waals surface area contributed by atoms with Crippen LogP contribution in [-0.4, -0.2) is 46.5 Å². The summed E-state index contributed by atoms with van der Waals surface area (Å²) in [4.78, 5) is 17.6. The van der Waals surface area contributed by atoms with Gasteiger partial charge in [0.15, 0.2) is 11.5 Å². The van der Waals surface area contributed by atoms with Crippen LogP contribution < -0.4 is 4.90 Å². The molecule has 2 aromatic heterocycles. The molecule has 0 aliphatic carbocycles. The van der Waals surface area contributed by atoms with E-state index in [4.69, 9.17) is 27.9 Å². The van der Waals surface area contributed by atoms with Crippen LogP contribution in [0, 0.1) is 0 Å². The topological polar surface area (TPSA) is 66.9 Å². The van der Waals surface area contributed by atoms with Crippen LogP contribution in [0.3, 0.4) is 0 Å². The maximum absolute atomic E-state index is 5.87. The smallest absolute Gasteiger partial charge is 0.226 e. The van der Waals surface area contributed by atoms with Crippen molar-refractivity contribution >= 4 is 40.2 Å². The van der Waals surface area contributed by atoms with Crippen LogP contribution in [0.25, 0.3) is 11.2 Å². The van der Waals surface area contributed by atoms with Gasteiger partial charge in [-0.2, -0.15) is 9.97 Å². The SMILES string of the molecule is CN(C)c1nc(Cl)nc2nc(COCCCCl)[nH]c12. The molecule has 0 saturated heterocycles. The maximum Gasteiger partial charge on any atom is 0.226 e. The fourth-order valence-corrected chi connectivity index (χ4v) is 1.89. The van der Waals surface area contributed by atoms with Gasteiger partial charge in [-0.1, -0.05) is 0 Å². The van der Waals surface area contributed by atoms with Crippen molar-refractivity contribution in [3.8, 4) is 0 Å². The third-order valence-electron chi connectivity index (χ3n) is 2.44. The number of halogens is 2. The monoisotopic (exact) mass is 303 g/mol. The first kappa shape index (κ1) is 14.3. The minimum atomic E-state index is 0.178. The van der Waals surface area contributed by atoms with Gasteiger partial charge in [-0.05, 0) is 18.0 Å². The molecule has 0 aliphatic heterocycles. The molecule has 0 bridgehead atoms. The number of nitrogens with one attached hydrogen (secondary N) is 1. The molecule has 0 radical (unpaired) electrons. The number of H-pyrrole nitrogens is 1. The molecule has 0 aliphatic rings. The molecular weight excluding hydrogens is 289 g/mol. The zero-order chi connectivity index (χ0) is 13.8. The van der Waals surface area contributed by atoms with Gasteiger partial charge in [0.05, 0.1) is 0 Å². The molecule has 6 nitrogen and oxygen atoms in total. The lowest BCUT2D eigenvalue weighted by atomic mass is 10.5. The molecule has 0 saturated carbocycles. The van der Waals surface area contributed by atoms with E-state index < -0.39 is 0 Å². The predicted molar refractivity (Wildman–Crippen MR) is 76.0 cm³/mol. The van der Waals surface area contributed by atoms with Gasteiger partial charge >= 0.3 is 0 Å². The maximum atomic E-state index is 5.87. The summed E-state index contributed by atoms with van der Waals surface area (Å²) in [6.45, 7) is 0.991. The lowest BCUT2D eigenvalue weighted by Gasteiger charge is -2.11. The molecule has 2 aromatic rings. The Kier molecular flexibility index (Phi) is 4.79. The first-order valence-electron chi connectivity index (χ1n) is 5.85. The van der Waals surface area contributed by atoms with Gasteiger partial charge in [0.1, 0.15) is 17.9 Å². The Morgan fingerprint density at radius 2 is 2.05 bits per heavy atom. The third kappa shape index (κ3) is 3.46. The Morgan fingerprint density at radius 1 is 1.26 bits per heavy atom. The molecule has 2 rings (SSSR count). The van der Waals surface area contributed by atoms with Crippen molar-refractivity contribution in [1.29, 1.82) is 0 Å². The number of hydrogen-bond donors (Lipinski definition) is 1. The van der Waals surface area contributed by atoms with Gasteiger partial charge in [0.25, 0.3) is 0 Å². The molecule has 0 amide bonds. The van der Waals surface area contributed by atoms with E-state index in [1.165, 1.54) is 0 Å². The molecule has 19 heavy (non-hydrogen) atoms. The second-order valence-corrected chi connectivity index (χ2v) is 4.90. The van der Waals surface area contributed by atoms with Crippen LogP contribution in [0.15, 0.2) is 0 Å². The van der Waals surface area contributed by atoms with E-state index in [9.17, 15) is 0 Å². The third-order valence-corrected chi connectivity index (χ3v) is 2.87. The Labute approximate surface area is 121 Å². The number of aromatic amines is 1. The number of nitrogens with zero attached hydrogens (tertiary/aromatic N) is 4. The Bertz CT molecular complexity index is 557. The summed E-state index contributed by atoms with van der Waals surface area (Å²) in [5.74, 6) is 1.99. The van der Waals surface area contributed by atoms with Crippen molar-refractivity contribution in [3.05, 3.63) is 11.1 Å². The zero-order valence-electron chi connectivity index (χ0n) is 10.8. The van der Waals surface area contributed by atoms with E-state index in [0.29, 0.717) is 36.4 Å². The minimum absolute atomic E-state index is 0.178. The Balaban J connectivity index is 2.22. The van der Waals surface area contributed by atoms with Gasteiger partial charge in [-0.25, -0.2) is 4.98 Å². The van der Waals surface area contributed by atoms with E-state index in [0.717, 1.165) is 11.9 Å². The van der Waals surface area contributed by atoms with Crippen molar-refractivity contribution < 1.29 is 4.74 Å². The van der Waals surface area contributed by atoms with Crippen LogP contribution >= 0.6 is 23.2 Å². The molecule has 1 N–H and O–H groups in total. The number of anilines is 1. The number of ether oxygens (including phenoxy) is 1. The van der Waals surface area contributed by atoms with E-state index in [2.05, 4.69) is 19.9 Å². The summed E-state index contributed by atoms with van der Waals surface area (Å²) in [6.07, 6.45) is 0.816. The minimum Gasteiger partial charge on any atom is -0.373 e. The average molecular weight is 304 g/mol. The number of imidazole rings is 1. The molecule has 2 heterocycles. The van der Waals surface area contributed by atoms with Crippen LogP contribution in [0.2, 0.25) is 5.28 Å². The Morgan fingerprint density at radius 3 is 2.74 bits per heavy atom. The van der Waals surface area contributed by atoms with Crippen molar-refractivity contribution in [2.45, 2.75) is 13.0 Å². The lowest BCUT2D eigenvalue weighted by molar-refractivity contribution is 0.117. The van der Waals surface area contributed by atoms with Crippen LogP contribution in [-0.2, 0) is 11.3 Å². The lowest BCUT2D eigenvalue weighted by Crippen LogP contribution is -2.11. The normalized spacial score (nSPS) is 11.2. The zero-order valence-corrected chi connectivity index (χ0v) is 12.3. The summed E-state index contributed by atoms with van der Waals surface area (Å²) in [5.41, 5.74) is 1.30.